The van der Waals surface area contributed by atoms with Crippen molar-refractivity contribution >= 4 is 15.9 Å². The number of carbonyl (C=O) groups excluding carboxylic acids is 1. The lowest BCUT2D eigenvalue weighted by Gasteiger charge is -2.17. The third-order valence-corrected chi connectivity index (χ3v) is 4.75. The Bertz CT molecular complexity index is 586. The van der Waals surface area contributed by atoms with Gasteiger partial charge in [0, 0.05) is 24.7 Å². The minimum Gasteiger partial charge on any atom is -0.337 e. The summed E-state index contributed by atoms with van der Waals surface area (Å²) in [5.74, 6) is -0.574. The van der Waals surface area contributed by atoms with Gasteiger partial charge in [-0.05, 0) is 37.6 Å². The molecule has 1 atom stereocenters. The van der Waals surface area contributed by atoms with Gasteiger partial charge in [0.15, 0.2) is 0 Å². The Hall–Kier alpha value is -1.47. The van der Waals surface area contributed by atoms with Crippen LogP contribution in [0.15, 0.2) is 24.3 Å². The second-order valence-electron chi connectivity index (χ2n) is 4.76. The van der Waals surface area contributed by atoms with Crippen LogP contribution < -0.4 is 4.72 Å². The first-order valence-corrected chi connectivity index (χ1v) is 8.11. The Balaban J connectivity index is 1.99. The van der Waals surface area contributed by atoms with Crippen molar-refractivity contribution < 1.29 is 17.6 Å². The molecule has 1 aromatic carbocycles. The molecule has 0 spiro atoms. The van der Waals surface area contributed by atoms with Crippen LogP contribution in [0.3, 0.4) is 0 Å². The molecular formula is C13H17FN2O3S. The average Bonchev–Trinajstić information content (AvgIpc) is 2.86. The van der Waals surface area contributed by atoms with Crippen LogP contribution in [0.5, 0.6) is 0 Å². The maximum atomic E-state index is 12.8. The minimum absolute atomic E-state index is 0.0232. The number of carbonyl (C=O) groups is 1. The maximum absolute atomic E-state index is 12.8. The third-order valence-electron chi connectivity index (χ3n) is 3.29. The van der Waals surface area contributed by atoms with Crippen LogP contribution in [-0.2, 0) is 10.0 Å². The fourth-order valence-corrected chi connectivity index (χ4v) is 3.02. The van der Waals surface area contributed by atoms with Gasteiger partial charge >= 0.3 is 0 Å². The quantitative estimate of drug-likeness (QED) is 0.901. The lowest BCUT2D eigenvalue weighted by Crippen LogP contribution is -2.39. The van der Waals surface area contributed by atoms with Gasteiger partial charge in [0.1, 0.15) is 5.82 Å². The molecule has 0 bridgehead atoms. The molecule has 1 amide bonds. The Labute approximate surface area is 117 Å². The molecule has 20 heavy (non-hydrogen) atoms. The molecule has 0 radical (unpaired) electrons. The number of rotatable bonds is 4. The first kappa shape index (κ1) is 14.9. The van der Waals surface area contributed by atoms with E-state index in [4.69, 9.17) is 0 Å². The number of nitrogens with zero attached hydrogens (tertiary/aromatic N) is 1. The topological polar surface area (TPSA) is 66.5 Å². The Morgan fingerprint density at radius 1 is 1.40 bits per heavy atom. The van der Waals surface area contributed by atoms with Gasteiger partial charge in [-0.15, -0.1) is 0 Å². The summed E-state index contributed by atoms with van der Waals surface area (Å²) in [5, 5.41) is 0. The predicted molar refractivity (Wildman–Crippen MR) is 73.3 cm³/mol. The summed E-state index contributed by atoms with van der Waals surface area (Å²) in [5.41, 5.74) is 0.408. The number of halogens is 1. The highest BCUT2D eigenvalue weighted by Gasteiger charge is 2.29. The Kier molecular flexibility index (Phi) is 4.39. The van der Waals surface area contributed by atoms with E-state index in [0.29, 0.717) is 25.1 Å². The van der Waals surface area contributed by atoms with E-state index in [1.54, 1.807) is 11.8 Å². The van der Waals surface area contributed by atoms with Gasteiger partial charge in [0.25, 0.3) is 5.91 Å². The molecule has 1 N–H and O–H groups in total. The summed E-state index contributed by atoms with van der Waals surface area (Å²) < 4.78 is 38.3. The van der Waals surface area contributed by atoms with Crippen LogP contribution >= 0.6 is 0 Å². The molecule has 2 rings (SSSR count). The van der Waals surface area contributed by atoms with Crippen LogP contribution in [0.25, 0.3) is 0 Å². The second-order valence-corrected chi connectivity index (χ2v) is 6.81. The van der Waals surface area contributed by atoms with Gasteiger partial charge in [-0.25, -0.2) is 17.5 Å². The highest BCUT2D eigenvalue weighted by Crippen LogP contribution is 2.15. The van der Waals surface area contributed by atoms with Gasteiger partial charge in [-0.3, -0.25) is 4.79 Å². The van der Waals surface area contributed by atoms with Gasteiger partial charge in [-0.1, -0.05) is 0 Å². The summed E-state index contributed by atoms with van der Waals surface area (Å²) in [6, 6.07) is 5.09. The number of benzene rings is 1. The van der Waals surface area contributed by atoms with Crippen LogP contribution in [-0.4, -0.2) is 44.1 Å². The third kappa shape index (κ3) is 3.55. The highest BCUT2D eigenvalue weighted by atomic mass is 32.2. The van der Waals surface area contributed by atoms with E-state index in [1.807, 2.05) is 0 Å². The summed E-state index contributed by atoms with van der Waals surface area (Å²) in [7, 11) is -3.26. The molecule has 0 aliphatic carbocycles. The van der Waals surface area contributed by atoms with Gasteiger partial charge in [0.2, 0.25) is 10.0 Å². The van der Waals surface area contributed by atoms with Crippen LogP contribution in [0.4, 0.5) is 4.39 Å². The summed E-state index contributed by atoms with van der Waals surface area (Å²) in [4.78, 5) is 13.7. The number of hydrogen-bond acceptors (Lipinski definition) is 3. The normalized spacial score (nSPS) is 19.3. The highest BCUT2D eigenvalue weighted by molar-refractivity contribution is 7.89. The molecule has 110 valence electrons. The molecule has 1 fully saturated rings. The summed E-state index contributed by atoms with van der Waals surface area (Å²) >= 11 is 0. The van der Waals surface area contributed by atoms with Gasteiger partial charge in [0.05, 0.1) is 5.75 Å². The van der Waals surface area contributed by atoms with Crippen molar-refractivity contribution in [3.63, 3.8) is 0 Å². The fourth-order valence-electron chi connectivity index (χ4n) is 2.15. The first-order chi connectivity index (χ1) is 9.41. The molecular weight excluding hydrogens is 283 g/mol. The molecule has 1 aliphatic heterocycles. The number of likely N-dealkylation sites (tertiary alicyclic amines) is 1. The lowest BCUT2D eigenvalue weighted by molar-refractivity contribution is 0.0790. The van der Waals surface area contributed by atoms with Crippen molar-refractivity contribution in [1.82, 2.24) is 9.62 Å². The largest absolute Gasteiger partial charge is 0.337 e. The van der Waals surface area contributed by atoms with E-state index < -0.39 is 15.8 Å². The lowest BCUT2D eigenvalue weighted by atomic mass is 10.2. The number of nitrogens with one attached hydrogen (secondary N) is 1. The summed E-state index contributed by atoms with van der Waals surface area (Å²) in [6.07, 6.45) is 0.589. The first-order valence-electron chi connectivity index (χ1n) is 6.46. The SMILES string of the molecule is CCS(=O)(=O)NC1CCN(C(=O)c2ccc(F)cc2)C1. The number of hydrogen-bond donors (Lipinski definition) is 1. The molecule has 1 aliphatic rings. The van der Waals surface area contributed by atoms with E-state index in [0.717, 1.165) is 0 Å². The van der Waals surface area contributed by atoms with Crippen LogP contribution in [0.1, 0.15) is 23.7 Å². The van der Waals surface area contributed by atoms with E-state index in [-0.39, 0.29) is 17.7 Å². The fraction of sp³-hybridized carbons (Fsp3) is 0.462. The molecule has 1 aromatic rings. The zero-order valence-corrected chi connectivity index (χ0v) is 12.0. The summed E-state index contributed by atoms with van der Waals surface area (Å²) in [6.45, 7) is 2.40. The Morgan fingerprint density at radius 3 is 2.65 bits per heavy atom. The van der Waals surface area contributed by atoms with Crippen molar-refractivity contribution in [2.45, 2.75) is 19.4 Å². The molecule has 0 aromatic heterocycles. The molecule has 7 heteroatoms. The monoisotopic (exact) mass is 300 g/mol. The van der Waals surface area contributed by atoms with Crippen LogP contribution in [0, 0.1) is 5.82 Å². The van der Waals surface area contributed by atoms with Gasteiger partial charge in [-0.2, -0.15) is 0 Å². The van der Waals surface area contributed by atoms with E-state index in [1.165, 1.54) is 24.3 Å². The average molecular weight is 300 g/mol. The molecule has 1 unspecified atom stereocenters. The second kappa shape index (κ2) is 5.88. The number of amides is 1. The zero-order chi connectivity index (χ0) is 14.8. The minimum atomic E-state index is -3.26. The predicted octanol–water partition coefficient (Wildman–Crippen LogP) is 0.979. The smallest absolute Gasteiger partial charge is 0.253 e. The van der Waals surface area contributed by atoms with E-state index in [2.05, 4.69) is 4.72 Å². The van der Waals surface area contributed by atoms with Crippen molar-refractivity contribution in [2.24, 2.45) is 0 Å². The van der Waals surface area contributed by atoms with Gasteiger partial charge < -0.3 is 4.90 Å². The maximum Gasteiger partial charge on any atom is 0.253 e. The standard InChI is InChI=1S/C13H17FN2O3S/c1-2-20(18,19)15-12-7-8-16(9-12)13(17)10-3-5-11(14)6-4-10/h3-6,12,15H,2,7-9H2,1H3. The zero-order valence-electron chi connectivity index (χ0n) is 11.2. The van der Waals surface area contributed by atoms with Crippen molar-refractivity contribution in [3.05, 3.63) is 35.6 Å². The van der Waals surface area contributed by atoms with Crippen LogP contribution in [0.2, 0.25) is 0 Å². The van der Waals surface area contributed by atoms with Crippen molar-refractivity contribution in [3.8, 4) is 0 Å². The Morgan fingerprint density at radius 2 is 2.05 bits per heavy atom. The van der Waals surface area contributed by atoms with Crippen molar-refractivity contribution in [1.29, 1.82) is 0 Å². The van der Waals surface area contributed by atoms with E-state index in [9.17, 15) is 17.6 Å². The molecule has 5 nitrogen and oxygen atoms in total. The molecule has 1 saturated heterocycles. The number of sulfonamides is 1. The molecule has 0 saturated carbocycles. The molecule has 1 heterocycles. The van der Waals surface area contributed by atoms with Crippen molar-refractivity contribution in [2.75, 3.05) is 18.8 Å². The van der Waals surface area contributed by atoms with E-state index >= 15 is 0 Å².